The van der Waals surface area contributed by atoms with E-state index in [2.05, 4.69) is 25.6 Å². The van der Waals surface area contributed by atoms with Gasteiger partial charge in [-0.05, 0) is 48.9 Å². The second-order valence-corrected chi connectivity index (χ2v) is 6.80. The van der Waals surface area contributed by atoms with E-state index in [1.54, 1.807) is 31.5 Å². The van der Waals surface area contributed by atoms with Crippen molar-refractivity contribution in [2.24, 2.45) is 0 Å². The molecule has 6 heteroatoms. The van der Waals surface area contributed by atoms with E-state index in [0.29, 0.717) is 23.9 Å². The molecule has 4 aromatic rings. The Hall–Kier alpha value is -4.06. The van der Waals surface area contributed by atoms with Crippen LogP contribution in [-0.4, -0.2) is 20.7 Å². The van der Waals surface area contributed by atoms with Crippen LogP contribution >= 0.6 is 0 Å². The maximum Gasteiger partial charge on any atom is 0.225 e. The molecule has 30 heavy (non-hydrogen) atoms. The Balaban J connectivity index is 1.62. The molecule has 2 heterocycles. The fourth-order valence-electron chi connectivity index (χ4n) is 2.97. The highest BCUT2D eigenvalue weighted by molar-refractivity contribution is 5.94. The van der Waals surface area contributed by atoms with Crippen molar-refractivity contribution >= 4 is 23.2 Å². The van der Waals surface area contributed by atoms with Crippen LogP contribution in [-0.2, 0) is 6.54 Å². The molecule has 0 aliphatic carbocycles. The van der Waals surface area contributed by atoms with Gasteiger partial charge in [0, 0.05) is 41.8 Å². The number of nitrogens with one attached hydrogen (secondary N) is 2. The molecule has 0 fully saturated rings. The van der Waals surface area contributed by atoms with E-state index in [1.165, 1.54) is 0 Å². The molecule has 2 aromatic heterocycles. The third-order valence-corrected chi connectivity index (χ3v) is 4.56. The normalized spacial score (nSPS) is 10.4. The first-order valence-corrected chi connectivity index (χ1v) is 9.63. The zero-order chi connectivity index (χ0) is 20.8. The van der Waals surface area contributed by atoms with Gasteiger partial charge in [0.25, 0.3) is 0 Å². The molecule has 0 radical (unpaired) electrons. The molecule has 0 amide bonds. The molecule has 2 aromatic carbocycles. The van der Waals surface area contributed by atoms with Gasteiger partial charge in [0.1, 0.15) is 5.82 Å². The van der Waals surface area contributed by atoms with E-state index in [9.17, 15) is 4.79 Å². The zero-order valence-corrected chi connectivity index (χ0v) is 16.5. The molecule has 6 nitrogen and oxygen atoms in total. The number of aromatic nitrogens is 3. The van der Waals surface area contributed by atoms with Crippen LogP contribution in [0, 0.1) is 0 Å². The van der Waals surface area contributed by atoms with E-state index >= 15 is 0 Å². The predicted octanol–water partition coefficient (Wildman–Crippen LogP) is 5.10. The number of carbonyl (C=O) groups is 1. The van der Waals surface area contributed by atoms with Crippen molar-refractivity contribution in [2.45, 2.75) is 13.5 Å². The maximum atomic E-state index is 11.5. The first-order chi connectivity index (χ1) is 14.7. The molecule has 0 aliphatic heterocycles. The summed E-state index contributed by atoms with van der Waals surface area (Å²) in [6, 6.07) is 23.1. The number of ketones is 1. The highest BCUT2D eigenvalue weighted by Crippen LogP contribution is 2.24. The number of Topliss-reactive ketones (excluding diaryl/α,β-unsaturated/α-hetero) is 1. The van der Waals surface area contributed by atoms with Crippen molar-refractivity contribution in [3.8, 4) is 11.3 Å². The summed E-state index contributed by atoms with van der Waals surface area (Å²) in [5, 5.41) is 6.59. The summed E-state index contributed by atoms with van der Waals surface area (Å²) in [7, 11) is 0. The van der Waals surface area contributed by atoms with E-state index in [-0.39, 0.29) is 5.78 Å². The van der Waals surface area contributed by atoms with Gasteiger partial charge in [-0.15, -0.1) is 0 Å². The van der Waals surface area contributed by atoms with Crippen LogP contribution in [0.2, 0.25) is 0 Å². The Morgan fingerprint density at radius 2 is 1.63 bits per heavy atom. The molecule has 0 saturated carbocycles. The average Bonchev–Trinajstić information content (AvgIpc) is 2.79. The summed E-state index contributed by atoms with van der Waals surface area (Å²) in [4.78, 5) is 24.8. The smallest absolute Gasteiger partial charge is 0.225 e. The average molecular weight is 395 g/mol. The lowest BCUT2D eigenvalue weighted by atomic mass is 10.1. The summed E-state index contributed by atoms with van der Waals surface area (Å²) in [6.45, 7) is 2.15. The highest BCUT2D eigenvalue weighted by atomic mass is 16.1. The number of hydrogen-bond donors (Lipinski definition) is 2. The van der Waals surface area contributed by atoms with Crippen LogP contribution in [0.4, 0.5) is 17.5 Å². The van der Waals surface area contributed by atoms with Crippen molar-refractivity contribution in [1.29, 1.82) is 0 Å². The molecule has 4 rings (SSSR count). The van der Waals surface area contributed by atoms with Gasteiger partial charge in [-0.2, -0.15) is 4.98 Å². The zero-order valence-electron chi connectivity index (χ0n) is 16.5. The maximum absolute atomic E-state index is 11.5. The summed E-state index contributed by atoms with van der Waals surface area (Å²) in [6.07, 6.45) is 3.52. The molecule has 2 N–H and O–H groups in total. The van der Waals surface area contributed by atoms with Crippen LogP contribution < -0.4 is 10.6 Å². The summed E-state index contributed by atoms with van der Waals surface area (Å²) in [5.41, 5.74) is 4.42. The quantitative estimate of drug-likeness (QED) is 0.424. The lowest BCUT2D eigenvalue weighted by Gasteiger charge is -2.12. The Morgan fingerprint density at radius 3 is 2.33 bits per heavy atom. The number of benzene rings is 2. The molecule has 148 valence electrons. The van der Waals surface area contributed by atoms with Crippen LogP contribution in [0.1, 0.15) is 22.8 Å². The number of carbonyl (C=O) groups excluding carboxylic acids is 1. The van der Waals surface area contributed by atoms with E-state index in [1.807, 2.05) is 60.7 Å². The van der Waals surface area contributed by atoms with Crippen molar-refractivity contribution in [1.82, 2.24) is 15.0 Å². The summed E-state index contributed by atoms with van der Waals surface area (Å²) >= 11 is 0. The molecule has 0 spiro atoms. The first-order valence-electron chi connectivity index (χ1n) is 9.63. The number of pyridine rings is 1. The highest BCUT2D eigenvalue weighted by Gasteiger charge is 2.08. The molecule has 0 saturated heterocycles. The Labute approximate surface area is 175 Å². The van der Waals surface area contributed by atoms with E-state index < -0.39 is 0 Å². The van der Waals surface area contributed by atoms with Crippen molar-refractivity contribution < 1.29 is 4.79 Å². The molecule has 0 bridgehead atoms. The fraction of sp³-hybridized carbons (Fsp3) is 0.0833. The van der Waals surface area contributed by atoms with E-state index in [4.69, 9.17) is 0 Å². The standard InChI is InChI=1S/C24H21N5O/c1-17(30)19-7-9-21(10-8-19)27-23-15-22(20-5-3-2-4-6-20)28-24(29-23)26-16-18-11-13-25-14-12-18/h2-15H,16H2,1H3,(H2,26,27,28,29). The lowest BCUT2D eigenvalue weighted by Crippen LogP contribution is -2.06. The Kier molecular flexibility index (Phi) is 5.75. The monoisotopic (exact) mass is 395 g/mol. The molecule has 0 atom stereocenters. The minimum Gasteiger partial charge on any atom is -0.350 e. The molecule has 0 unspecified atom stereocenters. The van der Waals surface area contributed by atoms with Gasteiger partial charge >= 0.3 is 0 Å². The van der Waals surface area contributed by atoms with Gasteiger partial charge in [-0.3, -0.25) is 9.78 Å². The second kappa shape index (κ2) is 8.96. The second-order valence-electron chi connectivity index (χ2n) is 6.80. The molecular weight excluding hydrogens is 374 g/mol. The third kappa shape index (κ3) is 4.86. The van der Waals surface area contributed by atoms with Crippen LogP contribution in [0.25, 0.3) is 11.3 Å². The van der Waals surface area contributed by atoms with Gasteiger partial charge < -0.3 is 10.6 Å². The Morgan fingerprint density at radius 1 is 0.900 bits per heavy atom. The number of anilines is 3. The minimum atomic E-state index is 0.0394. The van der Waals surface area contributed by atoms with Gasteiger partial charge in [0.2, 0.25) is 5.95 Å². The van der Waals surface area contributed by atoms with Crippen molar-refractivity contribution in [3.05, 3.63) is 96.3 Å². The van der Waals surface area contributed by atoms with Crippen molar-refractivity contribution in [2.75, 3.05) is 10.6 Å². The topological polar surface area (TPSA) is 79.8 Å². The minimum absolute atomic E-state index is 0.0394. The first kappa shape index (κ1) is 19.3. The fourth-order valence-corrected chi connectivity index (χ4v) is 2.97. The van der Waals surface area contributed by atoms with Gasteiger partial charge in [-0.25, -0.2) is 4.98 Å². The van der Waals surface area contributed by atoms with Gasteiger partial charge in [0.15, 0.2) is 5.78 Å². The number of nitrogens with zero attached hydrogens (tertiary/aromatic N) is 3. The molecule has 0 aliphatic rings. The predicted molar refractivity (Wildman–Crippen MR) is 119 cm³/mol. The molecular formula is C24H21N5O. The van der Waals surface area contributed by atoms with E-state index in [0.717, 1.165) is 22.5 Å². The van der Waals surface area contributed by atoms with Crippen LogP contribution in [0.3, 0.4) is 0 Å². The SMILES string of the molecule is CC(=O)c1ccc(Nc2cc(-c3ccccc3)nc(NCc3ccncc3)n2)cc1. The van der Waals surface area contributed by atoms with Crippen LogP contribution in [0.15, 0.2) is 85.2 Å². The number of rotatable bonds is 7. The van der Waals surface area contributed by atoms with Crippen molar-refractivity contribution in [3.63, 3.8) is 0 Å². The number of hydrogen-bond acceptors (Lipinski definition) is 6. The third-order valence-electron chi connectivity index (χ3n) is 4.56. The van der Waals surface area contributed by atoms with Crippen LogP contribution in [0.5, 0.6) is 0 Å². The van der Waals surface area contributed by atoms with Gasteiger partial charge in [-0.1, -0.05) is 30.3 Å². The lowest BCUT2D eigenvalue weighted by molar-refractivity contribution is 0.101. The summed E-state index contributed by atoms with van der Waals surface area (Å²) in [5.74, 6) is 1.23. The Bertz CT molecular complexity index is 1130. The largest absolute Gasteiger partial charge is 0.350 e. The summed E-state index contributed by atoms with van der Waals surface area (Å²) < 4.78 is 0. The van der Waals surface area contributed by atoms with Gasteiger partial charge in [0.05, 0.1) is 5.69 Å².